The minimum Gasteiger partial charge on any atom is -0.507 e. The molecule has 0 bridgehead atoms. The summed E-state index contributed by atoms with van der Waals surface area (Å²) in [5.41, 5.74) is 4.61. The summed E-state index contributed by atoms with van der Waals surface area (Å²) in [7, 11) is 0. The van der Waals surface area contributed by atoms with Gasteiger partial charge in [-0.25, -0.2) is 5.48 Å². The van der Waals surface area contributed by atoms with Gasteiger partial charge in [-0.15, -0.1) is 0 Å². The van der Waals surface area contributed by atoms with Crippen molar-refractivity contribution in [3.8, 4) is 5.75 Å². The van der Waals surface area contributed by atoms with Gasteiger partial charge in [0.2, 0.25) is 6.40 Å². The quantitative estimate of drug-likeness (QED) is 0.323. The first kappa shape index (κ1) is 18.2. The molecule has 0 aliphatic heterocycles. The van der Waals surface area contributed by atoms with Gasteiger partial charge in [0.15, 0.2) is 0 Å². The van der Waals surface area contributed by atoms with Gasteiger partial charge in [-0.1, -0.05) is 52.6 Å². The standard InChI is InChI=1S/C19H16Cl2N2O3/c1-12-16-5-3-2-4-13(16)8-14(19(12)24)10-25-22-11-26-23-18-7-6-15(20)9-17(18)21/h2-9,11,23-24H,10H2,1H3. The lowest BCUT2D eigenvalue weighted by atomic mass is 10.0. The molecule has 0 atom stereocenters. The predicted octanol–water partition coefficient (Wildman–Crippen LogP) is 5.66. The van der Waals surface area contributed by atoms with Gasteiger partial charge in [0.1, 0.15) is 12.4 Å². The molecule has 0 radical (unpaired) electrons. The number of benzene rings is 3. The van der Waals surface area contributed by atoms with E-state index in [1.807, 2.05) is 37.3 Å². The minimum atomic E-state index is 0.110. The van der Waals surface area contributed by atoms with E-state index in [0.717, 1.165) is 22.7 Å². The fourth-order valence-electron chi connectivity index (χ4n) is 2.52. The topological polar surface area (TPSA) is 63.1 Å². The van der Waals surface area contributed by atoms with Gasteiger partial charge >= 0.3 is 0 Å². The molecule has 0 amide bonds. The zero-order chi connectivity index (χ0) is 18.5. The minimum absolute atomic E-state index is 0.110. The zero-order valence-electron chi connectivity index (χ0n) is 13.9. The number of nitrogens with zero attached hydrogens (tertiary/aromatic N) is 1. The number of nitrogens with one attached hydrogen (secondary N) is 1. The molecular weight excluding hydrogens is 375 g/mol. The van der Waals surface area contributed by atoms with Crippen molar-refractivity contribution in [3.63, 3.8) is 0 Å². The molecule has 0 aliphatic carbocycles. The highest BCUT2D eigenvalue weighted by Gasteiger charge is 2.09. The SMILES string of the molecule is Cc1c(O)c(CON=CONc2ccc(Cl)cc2Cl)cc2ccccc12. The van der Waals surface area contributed by atoms with E-state index in [9.17, 15) is 5.11 Å². The Hall–Kier alpha value is -2.63. The second-order valence-electron chi connectivity index (χ2n) is 5.56. The Morgan fingerprint density at radius 2 is 1.96 bits per heavy atom. The van der Waals surface area contributed by atoms with E-state index in [2.05, 4.69) is 10.6 Å². The molecule has 3 aromatic rings. The number of phenolic OH excluding ortho intramolecular Hbond substituents is 1. The Labute approximate surface area is 160 Å². The molecule has 0 heterocycles. The van der Waals surface area contributed by atoms with Crippen LogP contribution in [0.25, 0.3) is 10.8 Å². The van der Waals surface area contributed by atoms with Crippen LogP contribution in [-0.2, 0) is 16.3 Å². The maximum Gasteiger partial charge on any atom is 0.245 e. The molecule has 0 aromatic heterocycles. The molecule has 26 heavy (non-hydrogen) atoms. The number of anilines is 1. The number of aromatic hydroxyl groups is 1. The number of hydrogen-bond donors (Lipinski definition) is 2. The Kier molecular flexibility index (Phi) is 5.71. The normalized spacial score (nSPS) is 11.0. The smallest absolute Gasteiger partial charge is 0.245 e. The number of aryl methyl sites for hydroxylation is 1. The molecule has 0 spiro atoms. The highest BCUT2D eigenvalue weighted by atomic mass is 35.5. The molecule has 0 aliphatic rings. The van der Waals surface area contributed by atoms with Crippen molar-refractivity contribution >= 4 is 46.1 Å². The molecule has 3 rings (SSSR count). The van der Waals surface area contributed by atoms with Crippen LogP contribution in [0.4, 0.5) is 5.69 Å². The van der Waals surface area contributed by atoms with Crippen molar-refractivity contribution in [1.29, 1.82) is 0 Å². The van der Waals surface area contributed by atoms with E-state index in [0.29, 0.717) is 21.3 Å². The lowest BCUT2D eigenvalue weighted by molar-refractivity contribution is 0.123. The monoisotopic (exact) mass is 390 g/mol. The third kappa shape index (κ3) is 4.12. The number of phenols is 1. The number of hydrogen-bond acceptors (Lipinski definition) is 5. The third-order valence-corrected chi connectivity index (χ3v) is 4.39. The van der Waals surface area contributed by atoms with Crippen LogP contribution >= 0.6 is 23.2 Å². The Bertz CT molecular complexity index is 961. The van der Waals surface area contributed by atoms with E-state index < -0.39 is 0 Å². The van der Waals surface area contributed by atoms with E-state index in [1.54, 1.807) is 18.2 Å². The summed E-state index contributed by atoms with van der Waals surface area (Å²) in [5.74, 6) is 0.200. The highest BCUT2D eigenvalue weighted by molar-refractivity contribution is 6.36. The number of fused-ring (bicyclic) bond motifs is 1. The van der Waals surface area contributed by atoms with Crippen molar-refractivity contribution < 1.29 is 14.8 Å². The van der Waals surface area contributed by atoms with Gasteiger partial charge in [-0.2, -0.15) is 0 Å². The largest absolute Gasteiger partial charge is 0.507 e. The summed E-state index contributed by atoms with van der Waals surface area (Å²) in [6.07, 6.45) is 1.09. The van der Waals surface area contributed by atoms with Crippen molar-refractivity contribution in [3.05, 3.63) is 69.7 Å². The van der Waals surface area contributed by atoms with Crippen LogP contribution in [0.3, 0.4) is 0 Å². The van der Waals surface area contributed by atoms with Crippen LogP contribution < -0.4 is 5.48 Å². The molecule has 7 heteroatoms. The fraction of sp³-hybridized carbons (Fsp3) is 0.105. The molecular formula is C19H16Cl2N2O3. The van der Waals surface area contributed by atoms with Crippen molar-refractivity contribution in [1.82, 2.24) is 0 Å². The zero-order valence-corrected chi connectivity index (χ0v) is 15.4. The molecule has 0 unspecified atom stereocenters. The summed E-state index contributed by atoms with van der Waals surface area (Å²) >= 11 is 11.8. The number of halogens is 2. The van der Waals surface area contributed by atoms with Crippen molar-refractivity contribution in [2.45, 2.75) is 13.5 Å². The van der Waals surface area contributed by atoms with Crippen LogP contribution in [0.1, 0.15) is 11.1 Å². The molecule has 3 aromatic carbocycles. The van der Waals surface area contributed by atoms with Crippen LogP contribution in [0.5, 0.6) is 5.75 Å². The third-order valence-electron chi connectivity index (χ3n) is 3.84. The summed E-state index contributed by atoms with van der Waals surface area (Å²) in [6, 6.07) is 14.7. The first-order valence-electron chi connectivity index (χ1n) is 7.77. The van der Waals surface area contributed by atoms with Crippen molar-refractivity contribution in [2.75, 3.05) is 5.48 Å². The first-order chi connectivity index (χ1) is 12.6. The summed E-state index contributed by atoms with van der Waals surface area (Å²) in [4.78, 5) is 10.2. The van der Waals surface area contributed by atoms with Gasteiger partial charge in [0, 0.05) is 10.6 Å². The lowest BCUT2D eigenvalue weighted by Crippen LogP contribution is -2.00. The molecule has 0 saturated heterocycles. The highest BCUT2D eigenvalue weighted by Crippen LogP contribution is 2.31. The lowest BCUT2D eigenvalue weighted by Gasteiger charge is -2.10. The van der Waals surface area contributed by atoms with Gasteiger partial charge < -0.3 is 14.8 Å². The average molecular weight is 391 g/mol. The van der Waals surface area contributed by atoms with E-state index in [4.69, 9.17) is 32.9 Å². The second kappa shape index (κ2) is 8.17. The number of rotatable bonds is 6. The Morgan fingerprint density at radius 3 is 2.77 bits per heavy atom. The summed E-state index contributed by atoms with van der Waals surface area (Å²) in [5, 5.41) is 17.0. The van der Waals surface area contributed by atoms with Gasteiger partial charge in [-0.3, -0.25) is 0 Å². The number of oxime groups is 1. The van der Waals surface area contributed by atoms with Crippen LogP contribution in [0.15, 0.2) is 53.7 Å². The average Bonchev–Trinajstić information content (AvgIpc) is 2.63. The maximum absolute atomic E-state index is 10.3. The summed E-state index contributed by atoms with van der Waals surface area (Å²) in [6.45, 7) is 1.98. The van der Waals surface area contributed by atoms with E-state index in [-0.39, 0.29) is 12.4 Å². The van der Waals surface area contributed by atoms with E-state index >= 15 is 0 Å². The summed E-state index contributed by atoms with van der Waals surface area (Å²) < 4.78 is 0. The second-order valence-corrected chi connectivity index (χ2v) is 6.40. The van der Waals surface area contributed by atoms with E-state index in [1.165, 1.54) is 0 Å². The van der Waals surface area contributed by atoms with Crippen LogP contribution in [0.2, 0.25) is 10.0 Å². The molecule has 5 nitrogen and oxygen atoms in total. The fourth-order valence-corrected chi connectivity index (χ4v) is 2.97. The molecule has 2 N–H and O–H groups in total. The maximum atomic E-state index is 10.3. The van der Waals surface area contributed by atoms with Gasteiger partial charge in [0.25, 0.3) is 0 Å². The molecule has 134 valence electrons. The van der Waals surface area contributed by atoms with Crippen LogP contribution in [-0.4, -0.2) is 11.5 Å². The Morgan fingerprint density at radius 1 is 1.15 bits per heavy atom. The van der Waals surface area contributed by atoms with Gasteiger partial charge in [0.05, 0.1) is 10.7 Å². The molecule has 0 fully saturated rings. The molecule has 0 saturated carbocycles. The first-order valence-corrected chi connectivity index (χ1v) is 8.52. The Balaban J connectivity index is 1.57. The van der Waals surface area contributed by atoms with Crippen LogP contribution in [0, 0.1) is 6.92 Å². The predicted molar refractivity (Wildman–Crippen MR) is 105 cm³/mol. The van der Waals surface area contributed by atoms with Crippen molar-refractivity contribution in [2.24, 2.45) is 5.16 Å². The van der Waals surface area contributed by atoms with Gasteiger partial charge in [-0.05, 0) is 47.5 Å².